The van der Waals surface area contributed by atoms with Crippen LogP contribution in [0.2, 0.25) is 0 Å². The first-order chi connectivity index (χ1) is 12.7. The van der Waals surface area contributed by atoms with Crippen molar-refractivity contribution < 1.29 is 9.53 Å². The van der Waals surface area contributed by atoms with Gasteiger partial charge in [0.05, 0.1) is 18.6 Å². The van der Waals surface area contributed by atoms with E-state index in [9.17, 15) is 4.79 Å². The summed E-state index contributed by atoms with van der Waals surface area (Å²) < 4.78 is 7.52. The molecule has 1 heterocycles. The minimum absolute atomic E-state index is 0.267. The molecule has 0 unspecified atom stereocenters. The number of imidazole rings is 1. The minimum atomic E-state index is -0.267. The van der Waals surface area contributed by atoms with Crippen molar-refractivity contribution in [3.63, 3.8) is 0 Å². The highest BCUT2D eigenvalue weighted by atomic mass is 16.5. The third kappa shape index (κ3) is 4.86. The number of aromatic nitrogens is 2. The quantitative estimate of drug-likeness (QED) is 0.683. The third-order valence-corrected chi connectivity index (χ3v) is 3.80. The fraction of sp³-hybridized carbons (Fsp3) is 0.200. The lowest BCUT2D eigenvalue weighted by molar-refractivity contribution is 0.251. The molecule has 0 saturated carbocycles. The Balaban J connectivity index is 1.56. The Bertz CT molecular complexity index is 847. The Morgan fingerprint density at radius 2 is 2.00 bits per heavy atom. The van der Waals surface area contributed by atoms with Gasteiger partial charge in [-0.15, -0.1) is 0 Å². The zero-order chi connectivity index (χ0) is 18.2. The van der Waals surface area contributed by atoms with E-state index in [0.29, 0.717) is 24.6 Å². The van der Waals surface area contributed by atoms with Crippen LogP contribution < -0.4 is 15.4 Å². The number of ether oxygens (including phenoxy) is 1. The van der Waals surface area contributed by atoms with Crippen LogP contribution in [0.3, 0.4) is 0 Å². The third-order valence-electron chi connectivity index (χ3n) is 3.80. The van der Waals surface area contributed by atoms with Gasteiger partial charge in [0.2, 0.25) is 0 Å². The molecule has 2 N–H and O–H groups in total. The van der Waals surface area contributed by atoms with Crippen molar-refractivity contribution >= 4 is 11.7 Å². The van der Waals surface area contributed by atoms with Gasteiger partial charge >= 0.3 is 6.03 Å². The van der Waals surface area contributed by atoms with Gasteiger partial charge in [-0.3, -0.25) is 0 Å². The van der Waals surface area contributed by atoms with E-state index in [1.807, 2.05) is 54.1 Å². The van der Waals surface area contributed by atoms with Gasteiger partial charge in [0, 0.05) is 25.5 Å². The molecule has 6 heteroatoms. The van der Waals surface area contributed by atoms with Crippen molar-refractivity contribution in [1.29, 1.82) is 0 Å². The van der Waals surface area contributed by atoms with E-state index >= 15 is 0 Å². The van der Waals surface area contributed by atoms with E-state index in [-0.39, 0.29) is 6.03 Å². The average molecular weight is 350 g/mol. The lowest BCUT2D eigenvalue weighted by Gasteiger charge is -2.12. The minimum Gasteiger partial charge on any atom is -0.492 e. The van der Waals surface area contributed by atoms with Gasteiger partial charge in [0.1, 0.15) is 5.75 Å². The summed E-state index contributed by atoms with van der Waals surface area (Å²) in [4.78, 5) is 16.2. The number of amides is 2. The summed E-state index contributed by atoms with van der Waals surface area (Å²) >= 11 is 0. The maximum absolute atomic E-state index is 12.2. The SMILES string of the molecule is CCOc1ccccc1NC(=O)NCc1cccc(Cn2ccnc2)c1. The Morgan fingerprint density at radius 1 is 1.15 bits per heavy atom. The van der Waals surface area contributed by atoms with Crippen molar-refractivity contribution in [3.8, 4) is 5.75 Å². The predicted octanol–water partition coefficient (Wildman–Crippen LogP) is 3.65. The first-order valence-corrected chi connectivity index (χ1v) is 8.55. The molecule has 2 amide bonds. The summed E-state index contributed by atoms with van der Waals surface area (Å²) in [6.07, 6.45) is 5.47. The summed E-state index contributed by atoms with van der Waals surface area (Å²) in [5, 5.41) is 5.71. The zero-order valence-electron chi connectivity index (χ0n) is 14.7. The highest BCUT2D eigenvalue weighted by Gasteiger charge is 2.07. The number of anilines is 1. The largest absolute Gasteiger partial charge is 0.492 e. The average Bonchev–Trinajstić information content (AvgIpc) is 3.15. The van der Waals surface area contributed by atoms with Crippen molar-refractivity contribution in [2.24, 2.45) is 0 Å². The van der Waals surface area contributed by atoms with Crippen LogP contribution in [0.15, 0.2) is 67.3 Å². The van der Waals surface area contributed by atoms with Gasteiger partial charge in [-0.1, -0.05) is 36.4 Å². The Morgan fingerprint density at radius 3 is 2.81 bits per heavy atom. The highest BCUT2D eigenvalue weighted by Crippen LogP contribution is 2.23. The molecule has 0 aliphatic rings. The molecule has 6 nitrogen and oxygen atoms in total. The number of hydrogen-bond donors (Lipinski definition) is 2. The second kappa shape index (κ2) is 8.71. The van der Waals surface area contributed by atoms with Crippen LogP contribution in [0.4, 0.5) is 10.5 Å². The summed E-state index contributed by atoms with van der Waals surface area (Å²) in [7, 11) is 0. The van der Waals surface area contributed by atoms with Gasteiger partial charge in [-0.25, -0.2) is 9.78 Å². The van der Waals surface area contributed by atoms with Gasteiger partial charge < -0.3 is 19.9 Å². The van der Waals surface area contributed by atoms with Crippen LogP contribution >= 0.6 is 0 Å². The van der Waals surface area contributed by atoms with Gasteiger partial charge in [0.25, 0.3) is 0 Å². The number of rotatable bonds is 7. The van der Waals surface area contributed by atoms with Crippen molar-refractivity contribution in [2.75, 3.05) is 11.9 Å². The molecule has 2 aromatic carbocycles. The lowest BCUT2D eigenvalue weighted by atomic mass is 10.1. The molecule has 0 saturated heterocycles. The molecular formula is C20H22N4O2. The smallest absolute Gasteiger partial charge is 0.319 e. The molecule has 3 rings (SSSR count). The van der Waals surface area contributed by atoms with Crippen LogP contribution in [0.1, 0.15) is 18.1 Å². The summed E-state index contributed by atoms with van der Waals surface area (Å²) in [6, 6.07) is 15.2. The Hall–Kier alpha value is -3.28. The van der Waals surface area contributed by atoms with E-state index in [1.165, 1.54) is 0 Å². The van der Waals surface area contributed by atoms with E-state index < -0.39 is 0 Å². The van der Waals surface area contributed by atoms with E-state index in [4.69, 9.17) is 4.74 Å². The predicted molar refractivity (Wildman–Crippen MR) is 101 cm³/mol. The molecule has 3 aromatic rings. The molecule has 0 aliphatic carbocycles. The van der Waals surface area contributed by atoms with Crippen LogP contribution in [-0.2, 0) is 13.1 Å². The standard InChI is InChI=1S/C20H22N4O2/c1-2-26-19-9-4-3-8-18(19)23-20(25)22-13-16-6-5-7-17(12-16)14-24-11-10-21-15-24/h3-12,15H,2,13-14H2,1H3,(H2,22,23,25). The number of nitrogens with zero attached hydrogens (tertiary/aromatic N) is 2. The fourth-order valence-corrected chi connectivity index (χ4v) is 2.63. The number of carbonyl (C=O) groups excluding carboxylic acids is 1. The molecule has 0 spiro atoms. The number of para-hydroxylation sites is 2. The number of hydrogen-bond acceptors (Lipinski definition) is 3. The first-order valence-electron chi connectivity index (χ1n) is 8.55. The van der Waals surface area contributed by atoms with Crippen molar-refractivity contribution in [1.82, 2.24) is 14.9 Å². The number of urea groups is 1. The molecule has 0 aliphatic heterocycles. The summed E-state index contributed by atoms with van der Waals surface area (Å²) in [5.41, 5.74) is 2.85. The normalized spacial score (nSPS) is 10.3. The summed E-state index contributed by atoms with van der Waals surface area (Å²) in [6.45, 7) is 3.65. The van der Waals surface area contributed by atoms with Crippen molar-refractivity contribution in [2.45, 2.75) is 20.0 Å². The van der Waals surface area contributed by atoms with Crippen LogP contribution in [0.25, 0.3) is 0 Å². The number of carbonyl (C=O) groups is 1. The Labute approximate surface area is 152 Å². The molecular weight excluding hydrogens is 328 g/mol. The maximum atomic E-state index is 12.2. The summed E-state index contributed by atoms with van der Waals surface area (Å²) in [5.74, 6) is 0.660. The van der Waals surface area contributed by atoms with Gasteiger partial charge in [-0.2, -0.15) is 0 Å². The van der Waals surface area contributed by atoms with Gasteiger partial charge in [-0.05, 0) is 30.2 Å². The number of nitrogens with one attached hydrogen (secondary N) is 2. The highest BCUT2D eigenvalue weighted by molar-refractivity contribution is 5.90. The Kier molecular flexibility index (Phi) is 5.88. The fourth-order valence-electron chi connectivity index (χ4n) is 2.63. The lowest BCUT2D eigenvalue weighted by Crippen LogP contribution is -2.28. The molecule has 0 bridgehead atoms. The van der Waals surface area contributed by atoms with Crippen LogP contribution in [0, 0.1) is 0 Å². The topological polar surface area (TPSA) is 68.2 Å². The van der Waals surface area contributed by atoms with Crippen molar-refractivity contribution in [3.05, 3.63) is 78.4 Å². The molecule has 26 heavy (non-hydrogen) atoms. The second-order valence-corrected chi connectivity index (χ2v) is 5.79. The molecule has 0 radical (unpaired) electrons. The van der Waals surface area contributed by atoms with E-state index in [0.717, 1.165) is 17.7 Å². The molecule has 0 fully saturated rings. The van der Waals surface area contributed by atoms with E-state index in [1.54, 1.807) is 12.5 Å². The van der Waals surface area contributed by atoms with Gasteiger partial charge in [0.15, 0.2) is 0 Å². The maximum Gasteiger partial charge on any atom is 0.319 e. The molecule has 1 aromatic heterocycles. The molecule has 134 valence electrons. The number of benzene rings is 2. The first kappa shape index (κ1) is 17.5. The molecule has 0 atom stereocenters. The second-order valence-electron chi connectivity index (χ2n) is 5.79. The van der Waals surface area contributed by atoms with E-state index in [2.05, 4.69) is 27.8 Å². The van der Waals surface area contributed by atoms with Crippen LogP contribution in [0.5, 0.6) is 5.75 Å². The monoisotopic (exact) mass is 350 g/mol. The zero-order valence-corrected chi connectivity index (χ0v) is 14.7. The van der Waals surface area contributed by atoms with Crippen LogP contribution in [-0.4, -0.2) is 22.2 Å².